The highest BCUT2D eigenvalue weighted by Gasteiger charge is 2.14. The molecule has 5 heteroatoms. The lowest BCUT2D eigenvalue weighted by atomic mass is 10.0. The summed E-state index contributed by atoms with van der Waals surface area (Å²) < 4.78 is 10.6. The van der Waals surface area contributed by atoms with Crippen molar-refractivity contribution in [3.05, 3.63) is 40.3 Å². The number of nitrogens with zero attached hydrogens (tertiary/aromatic N) is 1. The van der Waals surface area contributed by atoms with Gasteiger partial charge in [-0.25, -0.2) is 4.98 Å². The van der Waals surface area contributed by atoms with Crippen molar-refractivity contribution in [3.8, 4) is 11.5 Å². The number of likely N-dealkylation sites (N-methyl/N-ethyl adjacent to an activating group) is 1. The van der Waals surface area contributed by atoms with E-state index < -0.39 is 0 Å². The molecule has 0 amide bonds. The van der Waals surface area contributed by atoms with Gasteiger partial charge in [0, 0.05) is 24.0 Å². The van der Waals surface area contributed by atoms with E-state index in [0.717, 1.165) is 28.5 Å². The van der Waals surface area contributed by atoms with Crippen LogP contribution < -0.4 is 14.8 Å². The lowest BCUT2D eigenvalue weighted by Crippen LogP contribution is -2.18. The van der Waals surface area contributed by atoms with Crippen LogP contribution in [0.4, 0.5) is 0 Å². The highest BCUT2D eigenvalue weighted by molar-refractivity contribution is 7.09. The van der Waals surface area contributed by atoms with E-state index in [4.69, 9.17) is 9.47 Å². The smallest absolute Gasteiger partial charge is 0.161 e. The molecule has 0 saturated carbocycles. The SMILES string of the molecule is CNC(Cc1nccs1)c1ccc(OC)c(OC)c1. The fraction of sp³-hybridized carbons (Fsp3) is 0.357. The Bertz CT molecular complexity index is 514. The quantitative estimate of drug-likeness (QED) is 0.882. The van der Waals surface area contributed by atoms with Crippen molar-refractivity contribution in [2.45, 2.75) is 12.5 Å². The second-order valence-corrected chi connectivity index (χ2v) is 5.06. The van der Waals surface area contributed by atoms with Gasteiger partial charge in [-0.2, -0.15) is 0 Å². The maximum atomic E-state index is 5.34. The van der Waals surface area contributed by atoms with Crippen LogP contribution in [0.5, 0.6) is 11.5 Å². The van der Waals surface area contributed by atoms with Crippen LogP contribution in [0.25, 0.3) is 0 Å². The van der Waals surface area contributed by atoms with Crippen LogP contribution in [0.1, 0.15) is 16.6 Å². The Hall–Kier alpha value is -1.59. The van der Waals surface area contributed by atoms with Crippen molar-refractivity contribution in [2.75, 3.05) is 21.3 Å². The zero-order valence-electron chi connectivity index (χ0n) is 11.3. The molecule has 1 heterocycles. The van der Waals surface area contributed by atoms with E-state index in [1.165, 1.54) is 0 Å². The maximum absolute atomic E-state index is 5.34. The highest BCUT2D eigenvalue weighted by atomic mass is 32.1. The second-order valence-electron chi connectivity index (χ2n) is 4.09. The van der Waals surface area contributed by atoms with Gasteiger partial charge >= 0.3 is 0 Å². The molecule has 4 nitrogen and oxygen atoms in total. The summed E-state index contributed by atoms with van der Waals surface area (Å²) in [4.78, 5) is 4.33. The minimum Gasteiger partial charge on any atom is -0.493 e. The number of hydrogen-bond acceptors (Lipinski definition) is 5. The van der Waals surface area contributed by atoms with Gasteiger partial charge in [-0.05, 0) is 24.7 Å². The molecular formula is C14H18N2O2S. The molecule has 1 N–H and O–H groups in total. The Balaban J connectivity index is 2.23. The van der Waals surface area contributed by atoms with E-state index in [-0.39, 0.29) is 6.04 Å². The van der Waals surface area contributed by atoms with Gasteiger partial charge in [0.05, 0.1) is 19.2 Å². The first-order valence-electron chi connectivity index (χ1n) is 6.06. The van der Waals surface area contributed by atoms with Gasteiger partial charge in [0.25, 0.3) is 0 Å². The van der Waals surface area contributed by atoms with Crippen LogP contribution in [-0.4, -0.2) is 26.3 Å². The minimum atomic E-state index is 0.214. The molecule has 0 radical (unpaired) electrons. The summed E-state index contributed by atoms with van der Waals surface area (Å²) in [7, 11) is 5.24. The molecular weight excluding hydrogens is 260 g/mol. The first-order chi connectivity index (χ1) is 9.28. The van der Waals surface area contributed by atoms with Gasteiger partial charge in [0.15, 0.2) is 11.5 Å². The lowest BCUT2D eigenvalue weighted by molar-refractivity contribution is 0.354. The van der Waals surface area contributed by atoms with Crippen LogP contribution in [0.3, 0.4) is 0 Å². The largest absolute Gasteiger partial charge is 0.493 e. The first kappa shape index (κ1) is 13.8. The Labute approximate surface area is 117 Å². The first-order valence-corrected chi connectivity index (χ1v) is 6.94. The van der Waals surface area contributed by atoms with Crippen molar-refractivity contribution < 1.29 is 9.47 Å². The summed E-state index contributed by atoms with van der Waals surface area (Å²) in [6, 6.07) is 6.20. The fourth-order valence-electron chi connectivity index (χ4n) is 1.98. The Morgan fingerprint density at radius 1 is 1.26 bits per heavy atom. The molecule has 0 aliphatic carbocycles. The van der Waals surface area contributed by atoms with Crippen LogP contribution in [-0.2, 0) is 6.42 Å². The van der Waals surface area contributed by atoms with Gasteiger partial charge in [0.2, 0.25) is 0 Å². The average molecular weight is 278 g/mol. The molecule has 102 valence electrons. The van der Waals surface area contributed by atoms with E-state index in [2.05, 4.69) is 16.4 Å². The van der Waals surface area contributed by atoms with Gasteiger partial charge in [-0.3, -0.25) is 0 Å². The normalized spacial score (nSPS) is 12.2. The van der Waals surface area contributed by atoms with Crippen LogP contribution in [0.2, 0.25) is 0 Å². The number of hydrogen-bond donors (Lipinski definition) is 1. The molecule has 1 atom stereocenters. The number of ether oxygens (including phenoxy) is 2. The predicted octanol–water partition coefficient (Wildman–Crippen LogP) is 2.66. The molecule has 2 aromatic rings. The summed E-state index contributed by atoms with van der Waals surface area (Å²) in [6.45, 7) is 0. The van der Waals surface area contributed by atoms with E-state index in [1.807, 2.05) is 30.8 Å². The molecule has 2 rings (SSSR count). The molecule has 1 unspecified atom stereocenters. The Morgan fingerprint density at radius 2 is 2.05 bits per heavy atom. The maximum Gasteiger partial charge on any atom is 0.161 e. The Kier molecular flexibility index (Phi) is 4.76. The van der Waals surface area contributed by atoms with Crippen molar-refractivity contribution in [1.82, 2.24) is 10.3 Å². The van der Waals surface area contributed by atoms with Gasteiger partial charge < -0.3 is 14.8 Å². The van der Waals surface area contributed by atoms with Gasteiger partial charge in [0.1, 0.15) is 0 Å². The van der Waals surface area contributed by atoms with Crippen molar-refractivity contribution in [1.29, 1.82) is 0 Å². The second kappa shape index (κ2) is 6.54. The van der Waals surface area contributed by atoms with Crippen LogP contribution in [0.15, 0.2) is 29.8 Å². The summed E-state index contributed by atoms with van der Waals surface area (Å²) in [5.74, 6) is 1.50. The third kappa shape index (κ3) is 3.24. The predicted molar refractivity (Wildman–Crippen MR) is 77.2 cm³/mol. The number of nitrogens with one attached hydrogen (secondary N) is 1. The minimum absolute atomic E-state index is 0.214. The molecule has 0 aliphatic rings. The van der Waals surface area contributed by atoms with Gasteiger partial charge in [-0.1, -0.05) is 6.07 Å². The fourth-order valence-corrected chi connectivity index (χ4v) is 2.65. The monoisotopic (exact) mass is 278 g/mol. The topological polar surface area (TPSA) is 43.4 Å². The van der Waals surface area contributed by atoms with Crippen molar-refractivity contribution in [3.63, 3.8) is 0 Å². The molecule has 0 spiro atoms. The van der Waals surface area contributed by atoms with E-state index in [9.17, 15) is 0 Å². The molecule has 0 aliphatic heterocycles. The number of thiazole rings is 1. The summed E-state index contributed by atoms with van der Waals surface area (Å²) in [5, 5.41) is 6.43. The number of benzene rings is 1. The summed E-state index contributed by atoms with van der Waals surface area (Å²) in [5.41, 5.74) is 1.16. The molecule has 1 aromatic heterocycles. The van der Waals surface area contributed by atoms with E-state index in [0.29, 0.717) is 0 Å². The van der Waals surface area contributed by atoms with E-state index in [1.54, 1.807) is 25.6 Å². The highest BCUT2D eigenvalue weighted by Crippen LogP contribution is 2.31. The lowest BCUT2D eigenvalue weighted by Gasteiger charge is -2.17. The standard InChI is InChI=1S/C14H18N2O2S/c1-15-11(9-14-16-6-7-19-14)10-4-5-12(17-2)13(8-10)18-3/h4-8,11,15H,9H2,1-3H3. The molecule has 19 heavy (non-hydrogen) atoms. The molecule has 0 bridgehead atoms. The molecule has 0 fully saturated rings. The van der Waals surface area contributed by atoms with Crippen LogP contribution >= 0.6 is 11.3 Å². The van der Waals surface area contributed by atoms with Crippen LogP contribution in [0, 0.1) is 0 Å². The van der Waals surface area contributed by atoms with Crippen molar-refractivity contribution in [2.24, 2.45) is 0 Å². The number of rotatable bonds is 6. The van der Waals surface area contributed by atoms with Gasteiger partial charge in [-0.15, -0.1) is 11.3 Å². The average Bonchev–Trinajstić information content (AvgIpc) is 2.97. The zero-order chi connectivity index (χ0) is 13.7. The van der Waals surface area contributed by atoms with E-state index >= 15 is 0 Å². The number of aromatic nitrogens is 1. The molecule has 1 aromatic carbocycles. The summed E-state index contributed by atoms with van der Waals surface area (Å²) in [6.07, 6.45) is 2.70. The summed E-state index contributed by atoms with van der Waals surface area (Å²) >= 11 is 1.67. The van der Waals surface area contributed by atoms with Crippen molar-refractivity contribution >= 4 is 11.3 Å². The zero-order valence-corrected chi connectivity index (χ0v) is 12.2. The third-order valence-electron chi connectivity index (χ3n) is 3.02. The Morgan fingerprint density at radius 3 is 2.63 bits per heavy atom. The molecule has 0 saturated heterocycles. The number of methoxy groups -OCH3 is 2. The third-order valence-corrected chi connectivity index (χ3v) is 3.82.